The summed E-state index contributed by atoms with van der Waals surface area (Å²) >= 11 is 0. The fraction of sp³-hybridized carbons (Fsp3) is 0.750. The molecule has 16 heavy (non-hydrogen) atoms. The fourth-order valence-corrected chi connectivity index (χ4v) is 2.40. The van der Waals surface area contributed by atoms with Crippen LogP contribution in [0, 0.1) is 0 Å². The normalized spacial score (nSPS) is 12.6. The molecule has 2 N–H and O–H groups in total. The van der Waals surface area contributed by atoms with Gasteiger partial charge < -0.3 is 19.6 Å². The van der Waals surface area contributed by atoms with Crippen molar-refractivity contribution in [2.75, 3.05) is 19.8 Å². The molecule has 0 bridgehead atoms. The van der Waals surface area contributed by atoms with Gasteiger partial charge in [0.1, 0.15) is 0 Å². The molecule has 0 aliphatic rings. The third-order valence-electron chi connectivity index (χ3n) is 1.49. The summed E-state index contributed by atoms with van der Waals surface area (Å²) in [5.41, 5.74) is -0.627. The maximum atomic E-state index is 12.1. The summed E-state index contributed by atoms with van der Waals surface area (Å²) in [6.45, 7) is 5.34. The molecule has 0 radical (unpaired) electrons. The molecule has 0 fully saturated rings. The molecule has 0 spiro atoms. The zero-order valence-corrected chi connectivity index (χ0v) is 10.5. The van der Waals surface area contributed by atoms with E-state index in [2.05, 4.69) is 10.5 Å². The highest BCUT2D eigenvalue weighted by atomic mass is 31.2. The second-order valence-corrected chi connectivity index (χ2v) is 4.55. The average molecular weight is 252 g/mol. The molecule has 0 aromatic carbocycles. The maximum absolute atomic E-state index is 12.1. The van der Waals surface area contributed by atoms with Crippen LogP contribution < -0.4 is 5.32 Å². The lowest BCUT2D eigenvalue weighted by atomic mass is 10.6. The van der Waals surface area contributed by atoms with Gasteiger partial charge in [-0.05, 0) is 20.8 Å². The first-order valence-corrected chi connectivity index (χ1v) is 6.49. The molecule has 0 unspecified atom stereocenters. The number of hydrogen-bond donors (Lipinski definition) is 2. The largest absolute Gasteiger partial charge is 0.410 e. The van der Waals surface area contributed by atoms with Gasteiger partial charge in [-0.2, -0.15) is 0 Å². The van der Waals surface area contributed by atoms with Gasteiger partial charge in [-0.15, -0.1) is 0 Å². The van der Waals surface area contributed by atoms with Crippen molar-refractivity contribution in [2.45, 2.75) is 20.8 Å². The molecule has 0 aliphatic carbocycles. The highest BCUT2D eigenvalue weighted by Crippen LogP contribution is 2.49. The van der Waals surface area contributed by atoms with E-state index in [0.29, 0.717) is 6.54 Å². The smallest absolute Gasteiger partial charge is 0.388 e. The van der Waals surface area contributed by atoms with Crippen LogP contribution in [-0.2, 0) is 18.4 Å². The predicted molar refractivity (Wildman–Crippen MR) is 58.8 cm³/mol. The molecule has 0 aromatic rings. The van der Waals surface area contributed by atoms with Crippen LogP contribution in [0.15, 0.2) is 5.16 Å². The standard InChI is InChI=1S/C8H17N2O5P/c1-4-9-7(11)8(10-12)16(13,14-5-2)15-6-3/h12H,4-6H2,1-3H3,(H,9,11)/b10-8+. The number of nitrogens with one attached hydrogen (secondary N) is 1. The van der Waals surface area contributed by atoms with E-state index >= 15 is 0 Å². The number of nitrogens with zero attached hydrogens (tertiary/aromatic N) is 1. The van der Waals surface area contributed by atoms with E-state index in [1.807, 2.05) is 0 Å². The van der Waals surface area contributed by atoms with E-state index in [1.54, 1.807) is 20.8 Å². The number of amides is 1. The average Bonchev–Trinajstić information content (AvgIpc) is 2.19. The van der Waals surface area contributed by atoms with Gasteiger partial charge in [-0.1, -0.05) is 5.16 Å². The first-order chi connectivity index (χ1) is 7.55. The van der Waals surface area contributed by atoms with Crippen LogP contribution in [0.1, 0.15) is 20.8 Å². The van der Waals surface area contributed by atoms with Crippen molar-refractivity contribution in [3.05, 3.63) is 0 Å². The monoisotopic (exact) mass is 252 g/mol. The minimum absolute atomic E-state index is 0.0791. The Morgan fingerprint density at radius 3 is 2.12 bits per heavy atom. The van der Waals surface area contributed by atoms with Crippen molar-refractivity contribution < 1.29 is 23.6 Å². The molecule has 94 valence electrons. The third kappa shape index (κ3) is 3.92. The van der Waals surface area contributed by atoms with Gasteiger partial charge in [0.05, 0.1) is 13.2 Å². The lowest BCUT2D eigenvalue weighted by Gasteiger charge is -2.16. The molecule has 0 aliphatic heterocycles. The Balaban J connectivity index is 5.01. The summed E-state index contributed by atoms with van der Waals surface area (Å²) in [5, 5.41) is 13.8. The number of oxime groups is 1. The van der Waals surface area contributed by atoms with E-state index in [-0.39, 0.29) is 13.2 Å². The van der Waals surface area contributed by atoms with Crippen molar-refractivity contribution in [1.29, 1.82) is 0 Å². The number of hydrogen-bond acceptors (Lipinski definition) is 6. The molecular formula is C8H17N2O5P. The Labute approximate surface area is 94.3 Å². The summed E-state index contributed by atoms with van der Waals surface area (Å²) in [5.74, 6) is -0.768. The predicted octanol–water partition coefficient (Wildman–Crippen LogP) is 1.18. The maximum Gasteiger partial charge on any atom is 0.388 e. The number of carbonyl (C=O) groups excluding carboxylic acids is 1. The third-order valence-corrected chi connectivity index (χ3v) is 3.50. The molecule has 0 aromatic heterocycles. The van der Waals surface area contributed by atoms with Crippen LogP contribution in [-0.4, -0.2) is 36.3 Å². The topological polar surface area (TPSA) is 97.2 Å². The Morgan fingerprint density at radius 1 is 1.31 bits per heavy atom. The second-order valence-electron chi connectivity index (χ2n) is 2.62. The van der Waals surface area contributed by atoms with E-state index in [0.717, 1.165) is 0 Å². The van der Waals surface area contributed by atoms with Crippen LogP contribution in [0.5, 0.6) is 0 Å². The molecule has 1 amide bonds. The van der Waals surface area contributed by atoms with Crippen molar-refractivity contribution in [3.8, 4) is 0 Å². The Morgan fingerprint density at radius 2 is 1.81 bits per heavy atom. The highest BCUT2D eigenvalue weighted by Gasteiger charge is 2.37. The summed E-state index contributed by atoms with van der Waals surface area (Å²) in [7, 11) is -3.83. The van der Waals surface area contributed by atoms with E-state index in [1.165, 1.54) is 0 Å². The quantitative estimate of drug-likeness (QED) is 0.307. The first kappa shape index (κ1) is 15.1. The molecule has 0 heterocycles. The molecule has 8 heteroatoms. The minimum atomic E-state index is -3.83. The van der Waals surface area contributed by atoms with E-state index < -0.39 is 19.0 Å². The minimum Gasteiger partial charge on any atom is -0.410 e. The van der Waals surface area contributed by atoms with E-state index in [4.69, 9.17) is 14.3 Å². The van der Waals surface area contributed by atoms with Gasteiger partial charge in [0, 0.05) is 6.54 Å². The Hall–Kier alpha value is -0.910. The highest BCUT2D eigenvalue weighted by molar-refractivity contribution is 7.75. The van der Waals surface area contributed by atoms with Gasteiger partial charge in [0.2, 0.25) is 0 Å². The summed E-state index contributed by atoms with van der Waals surface area (Å²) < 4.78 is 21.8. The molecule has 7 nitrogen and oxygen atoms in total. The molecule has 0 atom stereocenters. The molecule has 0 saturated carbocycles. The van der Waals surface area contributed by atoms with Crippen molar-refractivity contribution in [2.24, 2.45) is 5.16 Å². The van der Waals surface area contributed by atoms with Crippen LogP contribution in [0.3, 0.4) is 0 Å². The Kier molecular flexibility index (Phi) is 6.96. The summed E-state index contributed by atoms with van der Waals surface area (Å²) in [4.78, 5) is 11.4. The molecule has 0 rings (SSSR count). The number of rotatable bonds is 7. The summed E-state index contributed by atoms with van der Waals surface area (Å²) in [6.07, 6.45) is 0. The SMILES string of the molecule is CCNC(=O)/C(=N\O)P(=O)(OCC)OCC. The van der Waals surface area contributed by atoms with Crippen molar-refractivity contribution >= 4 is 19.0 Å². The molecule has 0 saturated heterocycles. The van der Waals surface area contributed by atoms with Gasteiger partial charge in [-0.25, -0.2) is 0 Å². The van der Waals surface area contributed by atoms with Crippen LogP contribution in [0.25, 0.3) is 0 Å². The lowest BCUT2D eigenvalue weighted by molar-refractivity contribution is -0.114. The lowest BCUT2D eigenvalue weighted by Crippen LogP contribution is -2.31. The molecular weight excluding hydrogens is 235 g/mol. The number of carbonyl (C=O) groups is 1. The summed E-state index contributed by atoms with van der Waals surface area (Å²) in [6, 6.07) is 0. The van der Waals surface area contributed by atoms with Crippen LogP contribution in [0.4, 0.5) is 0 Å². The van der Waals surface area contributed by atoms with Gasteiger partial charge in [-0.3, -0.25) is 9.36 Å². The van der Waals surface area contributed by atoms with Gasteiger partial charge in [0.25, 0.3) is 11.4 Å². The van der Waals surface area contributed by atoms with Gasteiger partial charge >= 0.3 is 7.60 Å². The zero-order chi connectivity index (χ0) is 12.6. The van der Waals surface area contributed by atoms with Crippen LogP contribution >= 0.6 is 7.60 Å². The van der Waals surface area contributed by atoms with Crippen molar-refractivity contribution in [3.63, 3.8) is 0 Å². The Bertz CT molecular complexity index is 295. The second kappa shape index (κ2) is 7.38. The van der Waals surface area contributed by atoms with E-state index in [9.17, 15) is 9.36 Å². The van der Waals surface area contributed by atoms with Crippen LogP contribution in [0.2, 0.25) is 0 Å². The van der Waals surface area contributed by atoms with Gasteiger partial charge in [0.15, 0.2) is 0 Å². The van der Waals surface area contributed by atoms with Crippen molar-refractivity contribution in [1.82, 2.24) is 5.32 Å². The zero-order valence-electron chi connectivity index (χ0n) is 9.60. The first-order valence-electron chi connectivity index (χ1n) is 4.95. The fourth-order valence-electron chi connectivity index (χ4n) is 0.964.